The van der Waals surface area contributed by atoms with E-state index in [1.807, 2.05) is 19.0 Å². The number of hydrogen-bond donors (Lipinski definition) is 2. The van der Waals surface area contributed by atoms with Gasteiger partial charge in [0.2, 0.25) is 0 Å². The average molecular weight is 735 g/mol. The first-order valence-corrected chi connectivity index (χ1v) is 19.4. The zero-order valence-corrected chi connectivity index (χ0v) is 32.0. The fourth-order valence-electron chi connectivity index (χ4n) is 4.56. The molecule has 0 bridgehead atoms. The standard InChI is InChI=1S/C36H66N2O11S/c1-5-7-9-11-12-14-17-33(42)47-27-31(25-40)29-49-35(44)19-22-38(36(45)50-23-15-20-37(3)4)21-18-34(43)48-28-30(24-39)26-46-32(41)16-13-10-8-6-2/h30-31,39-40H,5-29H2,1-4H3. The molecule has 0 rings (SSSR count). The monoisotopic (exact) mass is 734 g/mol. The van der Waals surface area contributed by atoms with Gasteiger partial charge in [-0.1, -0.05) is 77.0 Å². The van der Waals surface area contributed by atoms with Gasteiger partial charge in [-0.2, -0.15) is 0 Å². The molecule has 0 aromatic heterocycles. The van der Waals surface area contributed by atoms with Crippen molar-refractivity contribution in [3.63, 3.8) is 0 Å². The number of ether oxygens (including phenoxy) is 4. The molecule has 0 aromatic carbocycles. The third-order valence-electron chi connectivity index (χ3n) is 7.81. The number of carbonyl (C=O) groups is 5. The van der Waals surface area contributed by atoms with Crippen LogP contribution in [-0.2, 0) is 38.1 Å². The largest absolute Gasteiger partial charge is 0.465 e. The van der Waals surface area contributed by atoms with E-state index in [2.05, 4.69) is 13.8 Å². The maximum Gasteiger partial charge on any atom is 0.307 e. The minimum Gasteiger partial charge on any atom is -0.465 e. The molecule has 2 atom stereocenters. The van der Waals surface area contributed by atoms with Crippen LogP contribution in [0.4, 0.5) is 4.79 Å². The van der Waals surface area contributed by atoms with E-state index in [4.69, 9.17) is 18.9 Å². The average Bonchev–Trinajstić information content (AvgIpc) is 3.09. The summed E-state index contributed by atoms with van der Waals surface area (Å²) in [5, 5.41) is 19.0. The number of aliphatic hydroxyl groups excluding tert-OH is 2. The van der Waals surface area contributed by atoms with Gasteiger partial charge in [0.15, 0.2) is 0 Å². The third kappa shape index (κ3) is 28.3. The van der Waals surface area contributed by atoms with Gasteiger partial charge >= 0.3 is 23.9 Å². The van der Waals surface area contributed by atoms with E-state index < -0.39 is 23.8 Å². The van der Waals surface area contributed by atoms with Crippen molar-refractivity contribution in [2.45, 2.75) is 110 Å². The number of nitrogens with zero attached hydrogens (tertiary/aromatic N) is 2. The second-order valence-corrected chi connectivity index (χ2v) is 14.0. The molecule has 2 N–H and O–H groups in total. The van der Waals surface area contributed by atoms with Crippen molar-refractivity contribution in [3.05, 3.63) is 0 Å². The number of hydrogen-bond acceptors (Lipinski definition) is 13. The fraction of sp³-hybridized carbons (Fsp3) is 0.861. The highest BCUT2D eigenvalue weighted by Gasteiger charge is 2.20. The van der Waals surface area contributed by atoms with Gasteiger partial charge in [-0.15, -0.1) is 0 Å². The highest BCUT2D eigenvalue weighted by atomic mass is 32.2. The Labute approximate surface area is 304 Å². The molecule has 0 aromatic rings. The number of unbranched alkanes of at least 4 members (excludes halogenated alkanes) is 8. The summed E-state index contributed by atoms with van der Waals surface area (Å²) in [5.74, 6) is -2.45. The quantitative estimate of drug-likeness (QED) is 0.0540. The number of carbonyl (C=O) groups excluding carboxylic acids is 5. The third-order valence-corrected chi connectivity index (χ3v) is 8.81. The van der Waals surface area contributed by atoms with Gasteiger partial charge in [0.1, 0.15) is 0 Å². The fourth-order valence-corrected chi connectivity index (χ4v) is 5.38. The van der Waals surface area contributed by atoms with Crippen LogP contribution in [0.2, 0.25) is 0 Å². The Kier molecular flexibility index (Phi) is 30.9. The van der Waals surface area contributed by atoms with Crippen molar-refractivity contribution >= 4 is 40.9 Å². The van der Waals surface area contributed by atoms with Crippen LogP contribution in [-0.4, -0.2) is 128 Å². The van der Waals surface area contributed by atoms with Crippen LogP contribution < -0.4 is 0 Å². The molecule has 0 fully saturated rings. The normalized spacial score (nSPS) is 12.3. The number of thioether (sulfide) groups is 1. The van der Waals surface area contributed by atoms with Gasteiger partial charge in [-0.3, -0.25) is 24.0 Å². The maximum atomic E-state index is 13.0. The first-order chi connectivity index (χ1) is 24.1. The predicted octanol–water partition coefficient (Wildman–Crippen LogP) is 4.98. The SMILES string of the molecule is CCCCCCCCC(=O)OCC(CO)COC(=O)CCN(CCC(=O)OCC(CO)COC(=O)CCCCCC)C(=O)SCCCN(C)C. The van der Waals surface area contributed by atoms with Crippen molar-refractivity contribution in [1.82, 2.24) is 9.80 Å². The van der Waals surface area contributed by atoms with Crippen LogP contribution in [0.3, 0.4) is 0 Å². The molecule has 13 nitrogen and oxygen atoms in total. The molecule has 0 radical (unpaired) electrons. The Morgan fingerprint density at radius 3 is 1.32 bits per heavy atom. The molecular formula is C36H66N2O11S. The highest BCUT2D eigenvalue weighted by molar-refractivity contribution is 8.13. The molecule has 0 aliphatic carbocycles. The topological polar surface area (TPSA) is 169 Å². The number of aliphatic hydroxyl groups is 2. The van der Waals surface area contributed by atoms with Crippen LogP contribution in [0.15, 0.2) is 0 Å². The van der Waals surface area contributed by atoms with Gasteiger partial charge in [0.05, 0.1) is 64.3 Å². The lowest BCUT2D eigenvalue weighted by Crippen LogP contribution is -2.34. The van der Waals surface area contributed by atoms with Crippen LogP contribution in [0.25, 0.3) is 0 Å². The summed E-state index contributed by atoms with van der Waals surface area (Å²) in [6.45, 7) is 4.00. The van der Waals surface area contributed by atoms with E-state index >= 15 is 0 Å². The lowest BCUT2D eigenvalue weighted by Gasteiger charge is -2.22. The van der Waals surface area contributed by atoms with Gasteiger partial charge in [-0.05, 0) is 39.9 Å². The second-order valence-electron chi connectivity index (χ2n) is 12.9. The van der Waals surface area contributed by atoms with Gasteiger partial charge < -0.3 is 39.0 Å². The molecule has 292 valence electrons. The lowest BCUT2D eigenvalue weighted by atomic mass is 10.1. The van der Waals surface area contributed by atoms with Crippen LogP contribution in [0.5, 0.6) is 0 Å². The van der Waals surface area contributed by atoms with Gasteiger partial charge in [0, 0.05) is 31.7 Å². The minimum atomic E-state index is -0.593. The summed E-state index contributed by atoms with van der Waals surface area (Å²) in [5.41, 5.74) is 0. The Morgan fingerprint density at radius 1 is 0.540 bits per heavy atom. The van der Waals surface area contributed by atoms with E-state index in [-0.39, 0.29) is 82.8 Å². The summed E-state index contributed by atoms with van der Waals surface area (Å²) < 4.78 is 21.1. The summed E-state index contributed by atoms with van der Waals surface area (Å²) >= 11 is 1.10. The van der Waals surface area contributed by atoms with E-state index in [0.29, 0.717) is 18.6 Å². The molecule has 50 heavy (non-hydrogen) atoms. The smallest absolute Gasteiger partial charge is 0.307 e. The molecule has 0 saturated heterocycles. The Bertz CT molecular complexity index is 922. The molecule has 2 unspecified atom stereocenters. The molecule has 0 saturated carbocycles. The number of esters is 4. The van der Waals surface area contributed by atoms with Crippen LogP contribution in [0.1, 0.15) is 110 Å². The zero-order valence-electron chi connectivity index (χ0n) is 31.2. The lowest BCUT2D eigenvalue weighted by molar-refractivity contribution is -0.151. The van der Waals surface area contributed by atoms with Crippen molar-refractivity contribution in [1.29, 1.82) is 0 Å². The van der Waals surface area contributed by atoms with Crippen LogP contribution in [0, 0.1) is 11.8 Å². The van der Waals surface area contributed by atoms with E-state index in [1.165, 1.54) is 11.3 Å². The zero-order chi connectivity index (χ0) is 37.4. The van der Waals surface area contributed by atoms with E-state index in [9.17, 15) is 34.2 Å². The molecule has 0 aliphatic heterocycles. The molecule has 0 spiro atoms. The van der Waals surface area contributed by atoms with E-state index in [0.717, 1.165) is 82.5 Å². The molecular weight excluding hydrogens is 668 g/mol. The number of rotatable bonds is 32. The number of amides is 1. The summed E-state index contributed by atoms with van der Waals surface area (Å²) in [6.07, 6.45) is 11.2. The maximum absolute atomic E-state index is 13.0. The molecule has 0 heterocycles. The van der Waals surface area contributed by atoms with Crippen molar-refractivity contribution in [3.8, 4) is 0 Å². The van der Waals surface area contributed by atoms with E-state index in [1.54, 1.807) is 0 Å². The molecule has 14 heteroatoms. The van der Waals surface area contributed by atoms with Crippen molar-refractivity contribution in [2.24, 2.45) is 11.8 Å². The summed E-state index contributed by atoms with van der Waals surface area (Å²) in [4.78, 5) is 65.5. The minimum absolute atomic E-state index is 0.00991. The van der Waals surface area contributed by atoms with Crippen molar-refractivity contribution in [2.75, 3.05) is 79.1 Å². The van der Waals surface area contributed by atoms with Crippen molar-refractivity contribution < 1.29 is 53.1 Å². The van der Waals surface area contributed by atoms with Gasteiger partial charge in [0.25, 0.3) is 5.24 Å². The summed E-state index contributed by atoms with van der Waals surface area (Å²) in [6, 6.07) is 0. The molecule has 1 amide bonds. The predicted molar refractivity (Wildman–Crippen MR) is 194 cm³/mol. The first kappa shape index (κ1) is 47.6. The highest BCUT2D eigenvalue weighted by Crippen LogP contribution is 2.14. The Morgan fingerprint density at radius 2 is 0.920 bits per heavy atom. The summed E-state index contributed by atoms with van der Waals surface area (Å²) in [7, 11) is 3.88. The Balaban J connectivity index is 4.76. The van der Waals surface area contributed by atoms with Gasteiger partial charge in [-0.25, -0.2) is 0 Å². The van der Waals surface area contributed by atoms with Crippen LogP contribution >= 0.6 is 11.8 Å². The second kappa shape index (κ2) is 32.5. The molecule has 0 aliphatic rings. The first-order valence-electron chi connectivity index (χ1n) is 18.5. The Hall–Kier alpha value is -2.42.